The van der Waals surface area contributed by atoms with E-state index in [1.165, 1.54) is 8.99 Å². The molecule has 0 aliphatic carbocycles. The Bertz CT molecular complexity index is 1120. The van der Waals surface area contributed by atoms with Gasteiger partial charge in [-0.3, -0.25) is 4.68 Å². The van der Waals surface area contributed by atoms with Gasteiger partial charge in [-0.15, -0.1) is 0 Å². The Morgan fingerprint density at radius 2 is 2.10 bits per heavy atom. The highest BCUT2D eigenvalue weighted by molar-refractivity contribution is 7.89. The molecule has 1 aliphatic rings. The van der Waals surface area contributed by atoms with Gasteiger partial charge in [0.2, 0.25) is 10.0 Å². The van der Waals surface area contributed by atoms with E-state index in [1.54, 1.807) is 26.4 Å². The van der Waals surface area contributed by atoms with Crippen LogP contribution in [0.25, 0.3) is 0 Å². The summed E-state index contributed by atoms with van der Waals surface area (Å²) in [5, 5.41) is 4.86. The third-order valence-corrected chi connectivity index (χ3v) is 7.55. The van der Waals surface area contributed by atoms with Crippen LogP contribution in [0.5, 0.6) is 0 Å². The lowest BCUT2D eigenvalue weighted by atomic mass is 10.00. The minimum absolute atomic E-state index is 0.0736. The third kappa shape index (κ3) is 4.10. The van der Waals surface area contributed by atoms with Crippen LogP contribution < -0.4 is 0 Å². The molecular formula is C20H23ClN4O3S. The number of benzene rings is 1. The van der Waals surface area contributed by atoms with E-state index in [0.29, 0.717) is 36.1 Å². The van der Waals surface area contributed by atoms with E-state index in [9.17, 15) is 8.42 Å². The quantitative estimate of drug-likeness (QED) is 0.613. The van der Waals surface area contributed by atoms with Crippen molar-refractivity contribution >= 4 is 21.6 Å². The van der Waals surface area contributed by atoms with Crippen molar-refractivity contribution < 1.29 is 12.8 Å². The van der Waals surface area contributed by atoms with Crippen molar-refractivity contribution in [3.05, 3.63) is 64.6 Å². The predicted molar refractivity (Wildman–Crippen MR) is 109 cm³/mol. The zero-order valence-corrected chi connectivity index (χ0v) is 17.9. The molecule has 2 aromatic heterocycles. The second-order valence-electron chi connectivity index (χ2n) is 7.39. The average Bonchev–Trinajstić information content (AvgIpc) is 3.30. The number of aromatic nitrogens is 3. The van der Waals surface area contributed by atoms with Gasteiger partial charge in [0.15, 0.2) is 5.89 Å². The molecule has 0 N–H and O–H groups in total. The zero-order chi connectivity index (χ0) is 20.6. The van der Waals surface area contributed by atoms with Gasteiger partial charge in [0.1, 0.15) is 10.7 Å². The van der Waals surface area contributed by atoms with Gasteiger partial charge in [-0.25, -0.2) is 13.4 Å². The van der Waals surface area contributed by atoms with Crippen molar-refractivity contribution in [2.24, 2.45) is 7.05 Å². The Labute approximate surface area is 175 Å². The highest BCUT2D eigenvalue weighted by Gasteiger charge is 2.34. The summed E-state index contributed by atoms with van der Waals surface area (Å²) in [7, 11) is -1.88. The molecule has 3 heterocycles. The highest BCUT2D eigenvalue weighted by Crippen LogP contribution is 2.31. The molecule has 0 radical (unpaired) electrons. The number of piperidine rings is 1. The topological polar surface area (TPSA) is 81.2 Å². The minimum Gasteiger partial charge on any atom is -0.445 e. The number of sulfonamides is 1. The number of nitrogens with zero attached hydrogens (tertiary/aromatic N) is 4. The van der Waals surface area contributed by atoms with Crippen LogP contribution in [0.3, 0.4) is 0 Å². The maximum Gasteiger partial charge on any atom is 0.246 e. The Morgan fingerprint density at radius 3 is 2.83 bits per heavy atom. The molecule has 1 atom stereocenters. The van der Waals surface area contributed by atoms with E-state index in [1.807, 2.05) is 24.3 Å². The molecule has 154 valence electrons. The van der Waals surface area contributed by atoms with Crippen LogP contribution in [0, 0.1) is 6.92 Å². The molecule has 0 spiro atoms. The molecule has 0 bridgehead atoms. The number of halogens is 1. The van der Waals surface area contributed by atoms with Gasteiger partial charge in [0.05, 0.1) is 11.9 Å². The summed E-state index contributed by atoms with van der Waals surface area (Å²) >= 11 is 6.23. The van der Waals surface area contributed by atoms with Crippen molar-refractivity contribution in [3.63, 3.8) is 0 Å². The lowest BCUT2D eigenvalue weighted by molar-refractivity contribution is 0.281. The van der Waals surface area contributed by atoms with Crippen LogP contribution in [-0.2, 0) is 23.5 Å². The summed E-state index contributed by atoms with van der Waals surface area (Å²) in [5.41, 5.74) is 1.48. The third-order valence-electron chi connectivity index (χ3n) is 5.21. The standard InChI is InChI=1S/C20H23ClN4O3S/c1-14-19(13-24(2)23-14)29(26,27)25-9-5-7-16(12-25)20-22-11-17(28-20)10-15-6-3-4-8-18(15)21/h3-4,6,8,11,13,16H,5,7,9-10,12H2,1-2H3/t16-/m1/s1. The fourth-order valence-corrected chi connectivity index (χ4v) is 5.68. The van der Waals surface area contributed by atoms with Gasteiger partial charge >= 0.3 is 0 Å². The monoisotopic (exact) mass is 434 g/mol. The number of hydrogen-bond donors (Lipinski definition) is 0. The Kier molecular flexibility index (Phi) is 5.50. The van der Waals surface area contributed by atoms with E-state index in [4.69, 9.17) is 16.0 Å². The molecular weight excluding hydrogens is 412 g/mol. The van der Waals surface area contributed by atoms with Gasteiger partial charge in [0.25, 0.3) is 0 Å². The van der Waals surface area contributed by atoms with E-state index in [2.05, 4.69) is 10.1 Å². The summed E-state index contributed by atoms with van der Waals surface area (Å²) in [5.74, 6) is 1.22. The maximum atomic E-state index is 13.1. The summed E-state index contributed by atoms with van der Waals surface area (Å²) in [6.45, 7) is 2.55. The van der Waals surface area contributed by atoms with Gasteiger partial charge in [-0.05, 0) is 31.4 Å². The van der Waals surface area contributed by atoms with E-state index < -0.39 is 10.0 Å². The SMILES string of the molecule is Cc1nn(C)cc1S(=O)(=O)N1CCC[C@@H](c2ncc(Cc3ccccc3Cl)o2)C1. The van der Waals surface area contributed by atoms with Crippen LogP contribution >= 0.6 is 11.6 Å². The second kappa shape index (κ2) is 7.93. The first-order chi connectivity index (χ1) is 13.8. The lowest BCUT2D eigenvalue weighted by Crippen LogP contribution is -2.39. The number of hydrogen-bond acceptors (Lipinski definition) is 5. The van der Waals surface area contributed by atoms with Crippen LogP contribution in [0.15, 0.2) is 46.0 Å². The molecule has 0 saturated carbocycles. The first-order valence-electron chi connectivity index (χ1n) is 9.53. The largest absolute Gasteiger partial charge is 0.445 e. The van der Waals surface area contributed by atoms with Crippen molar-refractivity contribution in [2.45, 2.75) is 37.0 Å². The van der Waals surface area contributed by atoms with Gasteiger partial charge in [-0.2, -0.15) is 9.40 Å². The van der Waals surface area contributed by atoms with Crippen molar-refractivity contribution in [1.82, 2.24) is 19.1 Å². The lowest BCUT2D eigenvalue weighted by Gasteiger charge is -2.30. The van der Waals surface area contributed by atoms with Gasteiger partial charge in [0, 0.05) is 43.7 Å². The molecule has 3 aromatic rings. The van der Waals surface area contributed by atoms with Crippen LogP contribution in [-0.4, -0.2) is 40.6 Å². The fourth-order valence-electron chi connectivity index (χ4n) is 3.76. The minimum atomic E-state index is -3.60. The van der Waals surface area contributed by atoms with Crippen LogP contribution in [0.4, 0.5) is 0 Å². The van der Waals surface area contributed by atoms with Crippen LogP contribution in [0.2, 0.25) is 5.02 Å². The fraction of sp³-hybridized carbons (Fsp3) is 0.400. The Hall–Kier alpha value is -2.16. The Balaban J connectivity index is 1.51. The Morgan fingerprint density at radius 1 is 1.31 bits per heavy atom. The van der Waals surface area contributed by atoms with Crippen molar-refractivity contribution in [1.29, 1.82) is 0 Å². The average molecular weight is 435 g/mol. The van der Waals surface area contributed by atoms with E-state index in [0.717, 1.165) is 24.2 Å². The molecule has 1 aromatic carbocycles. The van der Waals surface area contributed by atoms with Crippen molar-refractivity contribution in [2.75, 3.05) is 13.1 Å². The summed E-state index contributed by atoms with van der Waals surface area (Å²) in [6.07, 6.45) is 5.41. The first kappa shape index (κ1) is 20.1. The normalized spacial score (nSPS) is 18.2. The first-order valence-corrected chi connectivity index (χ1v) is 11.3. The maximum absolute atomic E-state index is 13.1. The van der Waals surface area contributed by atoms with E-state index >= 15 is 0 Å². The molecule has 1 saturated heterocycles. The second-order valence-corrected chi connectivity index (χ2v) is 9.70. The van der Waals surface area contributed by atoms with Gasteiger partial charge in [-0.1, -0.05) is 29.8 Å². The molecule has 9 heteroatoms. The molecule has 4 rings (SSSR count). The smallest absolute Gasteiger partial charge is 0.246 e. The molecule has 0 amide bonds. The summed E-state index contributed by atoms with van der Waals surface area (Å²) < 4.78 is 35.2. The predicted octanol–water partition coefficient (Wildman–Crippen LogP) is 3.53. The van der Waals surface area contributed by atoms with Gasteiger partial charge < -0.3 is 4.42 Å². The number of aryl methyl sites for hydroxylation is 2. The van der Waals surface area contributed by atoms with Crippen LogP contribution in [0.1, 0.15) is 41.7 Å². The summed E-state index contributed by atoms with van der Waals surface area (Å²) in [4.78, 5) is 4.69. The highest BCUT2D eigenvalue weighted by atomic mass is 35.5. The number of oxazole rings is 1. The van der Waals surface area contributed by atoms with E-state index in [-0.39, 0.29) is 10.8 Å². The van der Waals surface area contributed by atoms with Crippen molar-refractivity contribution in [3.8, 4) is 0 Å². The summed E-state index contributed by atoms with van der Waals surface area (Å²) in [6, 6.07) is 7.62. The molecule has 29 heavy (non-hydrogen) atoms. The molecule has 0 unspecified atom stereocenters. The molecule has 7 nitrogen and oxygen atoms in total. The zero-order valence-electron chi connectivity index (χ0n) is 16.4. The molecule has 1 aliphatic heterocycles. The molecule has 1 fully saturated rings. The number of rotatable bonds is 5.